The highest BCUT2D eigenvalue weighted by Crippen LogP contribution is 2.53. The van der Waals surface area contributed by atoms with Crippen molar-refractivity contribution in [3.63, 3.8) is 0 Å². The Morgan fingerprint density at radius 1 is 1.40 bits per heavy atom. The molecule has 4 heteroatoms. The van der Waals surface area contributed by atoms with Gasteiger partial charge in [-0.15, -0.1) is 11.8 Å². The van der Waals surface area contributed by atoms with Gasteiger partial charge in [0, 0.05) is 4.90 Å². The highest BCUT2D eigenvalue weighted by atomic mass is 32.2. The van der Waals surface area contributed by atoms with Crippen LogP contribution in [-0.2, 0) is 4.79 Å². The summed E-state index contributed by atoms with van der Waals surface area (Å²) in [4.78, 5) is 12.8. The molecular formula is C11H11NO2S. The van der Waals surface area contributed by atoms with Crippen molar-refractivity contribution in [1.82, 2.24) is 0 Å². The standard InChI is InChI=1S/C11H11NO2S/c13-7-2-3-8-9(6-7)15-11(4-1-5-11)10(14)12-8/h2-3,6,13H,1,4-5H2,(H,12,14). The first kappa shape index (κ1) is 9.09. The fourth-order valence-corrected chi connectivity index (χ4v) is 3.48. The van der Waals surface area contributed by atoms with Crippen LogP contribution in [0.5, 0.6) is 5.75 Å². The lowest BCUT2D eigenvalue weighted by atomic mass is 9.83. The van der Waals surface area contributed by atoms with E-state index in [1.54, 1.807) is 30.0 Å². The van der Waals surface area contributed by atoms with Gasteiger partial charge in [-0.05, 0) is 37.5 Å². The van der Waals surface area contributed by atoms with Crippen molar-refractivity contribution >= 4 is 23.4 Å². The Kier molecular flexibility index (Phi) is 1.77. The molecule has 0 unspecified atom stereocenters. The first-order chi connectivity index (χ1) is 7.20. The van der Waals surface area contributed by atoms with E-state index in [1.165, 1.54) is 0 Å². The third-order valence-corrected chi connectivity index (χ3v) is 4.64. The fourth-order valence-electron chi connectivity index (χ4n) is 2.02. The van der Waals surface area contributed by atoms with Gasteiger partial charge in [0.25, 0.3) is 0 Å². The summed E-state index contributed by atoms with van der Waals surface area (Å²) in [5, 5.41) is 12.3. The van der Waals surface area contributed by atoms with E-state index in [-0.39, 0.29) is 16.4 Å². The molecule has 1 fully saturated rings. The molecule has 1 heterocycles. The molecule has 2 N–H and O–H groups in total. The van der Waals surface area contributed by atoms with Crippen molar-refractivity contribution in [1.29, 1.82) is 0 Å². The highest BCUT2D eigenvalue weighted by Gasteiger charge is 2.47. The van der Waals surface area contributed by atoms with Crippen LogP contribution in [0.1, 0.15) is 19.3 Å². The SMILES string of the molecule is O=C1Nc2ccc(O)cc2SC12CCC2. The highest BCUT2D eigenvalue weighted by molar-refractivity contribution is 8.01. The molecule has 1 aliphatic heterocycles. The lowest BCUT2D eigenvalue weighted by Crippen LogP contribution is -2.47. The lowest BCUT2D eigenvalue weighted by molar-refractivity contribution is -0.120. The molecule has 1 aromatic rings. The Morgan fingerprint density at radius 2 is 2.20 bits per heavy atom. The molecule has 0 radical (unpaired) electrons. The van der Waals surface area contributed by atoms with Crippen LogP contribution in [0.25, 0.3) is 0 Å². The van der Waals surface area contributed by atoms with Gasteiger partial charge in [-0.3, -0.25) is 4.79 Å². The zero-order valence-corrected chi connectivity index (χ0v) is 8.93. The van der Waals surface area contributed by atoms with Gasteiger partial charge >= 0.3 is 0 Å². The molecule has 0 atom stereocenters. The fraction of sp³-hybridized carbons (Fsp3) is 0.364. The van der Waals surface area contributed by atoms with Crippen LogP contribution in [0, 0.1) is 0 Å². The quantitative estimate of drug-likeness (QED) is 0.661. The van der Waals surface area contributed by atoms with Crippen molar-refractivity contribution < 1.29 is 9.90 Å². The van der Waals surface area contributed by atoms with Crippen LogP contribution in [0.4, 0.5) is 5.69 Å². The molecule has 15 heavy (non-hydrogen) atoms. The van der Waals surface area contributed by atoms with E-state index in [1.807, 2.05) is 0 Å². The molecule has 2 aliphatic rings. The van der Waals surface area contributed by atoms with E-state index >= 15 is 0 Å². The van der Waals surface area contributed by atoms with Crippen LogP contribution < -0.4 is 5.32 Å². The lowest BCUT2D eigenvalue weighted by Gasteiger charge is -2.42. The minimum Gasteiger partial charge on any atom is -0.508 e. The van der Waals surface area contributed by atoms with Crippen molar-refractivity contribution in [3.05, 3.63) is 18.2 Å². The Balaban J connectivity index is 2.03. The van der Waals surface area contributed by atoms with Gasteiger partial charge in [-0.25, -0.2) is 0 Å². The summed E-state index contributed by atoms with van der Waals surface area (Å²) in [7, 11) is 0. The summed E-state index contributed by atoms with van der Waals surface area (Å²) in [5.41, 5.74) is 0.820. The maximum Gasteiger partial charge on any atom is 0.241 e. The third-order valence-electron chi connectivity index (χ3n) is 3.09. The van der Waals surface area contributed by atoms with Gasteiger partial charge in [0.15, 0.2) is 0 Å². The molecule has 1 spiro atoms. The van der Waals surface area contributed by atoms with E-state index in [4.69, 9.17) is 0 Å². The van der Waals surface area contributed by atoms with Crippen LogP contribution in [-0.4, -0.2) is 15.8 Å². The number of anilines is 1. The molecule has 78 valence electrons. The van der Waals surface area contributed by atoms with Crippen molar-refractivity contribution in [3.8, 4) is 5.75 Å². The van der Waals surface area contributed by atoms with Gasteiger partial charge in [-0.1, -0.05) is 0 Å². The Hall–Kier alpha value is -1.16. The smallest absolute Gasteiger partial charge is 0.241 e. The molecule has 0 bridgehead atoms. The van der Waals surface area contributed by atoms with E-state index in [2.05, 4.69) is 5.32 Å². The number of fused-ring (bicyclic) bond motifs is 1. The number of hydrogen-bond donors (Lipinski definition) is 2. The number of phenols is 1. The van der Waals surface area contributed by atoms with E-state index < -0.39 is 0 Å². The number of phenolic OH excluding ortho intramolecular Hbond substituents is 1. The topological polar surface area (TPSA) is 49.3 Å². The number of aromatic hydroxyl groups is 1. The number of rotatable bonds is 0. The Labute approximate surface area is 91.9 Å². The predicted molar refractivity (Wildman–Crippen MR) is 59.2 cm³/mol. The molecule has 1 amide bonds. The Bertz CT molecular complexity index is 440. The van der Waals surface area contributed by atoms with Gasteiger partial charge in [-0.2, -0.15) is 0 Å². The summed E-state index contributed by atoms with van der Waals surface area (Å²) < 4.78 is -0.249. The van der Waals surface area contributed by atoms with Gasteiger partial charge in [0.05, 0.1) is 10.4 Å². The average molecular weight is 221 g/mol. The minimum atomic E-state index is -0.249. The number of carbonyl (C=O) groups excluding carboxylic acids is 1. The number of nitrogens with one attached hydrogen (secondary N) is 1. The van der Waals surface area contributed by atoms with Crippen LogP contribution in [0.15, 0.2) is 23.1 Å². The Morgan fingerprint density at radius 3 is 2.87 bits per heavy atom. The zero-order valence-electron chi connectivity index (χ0n) is 8.12. The number of carbonyl (C=O) groups is 1. The summed E-state index contributed by atoms with van der Waals surface area (Å²) in [6.07, 6.45) is 3.01. The maximum atomic E-state index is 11.9. The number of amides is 1. The molecular weight excluding hydrogens is 210 g/mol. The molecule has 3 nitrogen and oxygen atoms in total. The normalized spacial score (nSPS) is 21.7. The summed E-state index contributed by atoms with van der Waals surface area (Å²) in [6.45, 7) is 0. The van der Waals surface area contributed by atoms with Crippen molar-refractivity contribution in [2.75, 3.05) is 5.32 Å². The minimum absolute atomic E-state index is 0.122. The largest absolute Gasteiger partial charge is 0.508 e. The van der Waals surface area contributed by atoms with Crippen molar-refractivity contribution in [2.45, 2.75) is 28.9 Å². The van der Waals surface area contributed by atoms with Gasteiger partial charge in [0.2, 0.25) is 5.91 Å². The molecule has 1 saturated carbocycles. The van der Waals surface area contributed by atoms with Gasteiger partial charge < -0.3 is 10.4 Å². The second kappa shape index (κ2) is 2.92. The monoisotopic (exact) mass is 221 g/mol. The van der Waals surface area contributed by atoms with E-state index in [9.17, 15) is 9.90 Å². The molecule has 0 aromatic heterocycles. The first-order valence-corrected chi connectivity index (χ1v) is 5.85. The first-order valence-electron chi connectivity index (χ1n) is 5.03. The molecule has 0 saturated heterocycles. The van der Waals surface area contributed by atoms with E-state index in [0.717, 1.165) is 29.8 Å². The summed E-state index contributed by atoms with van der Waals surface area (Å²) in [5.74, 6) is 0.379. The predicted octanol–water partition coefficient (Wildman–Crippen LogP) is 2.36. The van der Waals surface area contributed by atoms with Crippen molar-refractivity contribution in [2.24, 2.45) is 0 Å². The van der Waals surface area contributed by atoms with Crippen LogP contribution in [0.2, 0.25) is 0 Å². The molecule has 3 rings (SSSR count). The number of benzene rings is 1. The van der Waals surface area contributed by atoms with E-state index in [0.29, 0.717) is 0 Å². The summed E-state index contributed by atoms with van der Waals surface area (Å²) in [6, 6.07) is 5.07. The van der Waals surface area contributed by atoms with Crippen LogP contribution >= 0.6 is 11.8 Å². The molecule has 1 aliphatic carbocycles. The second-order valence-electron chi connectivity index (χ2n) is 4.08. The number of hydrogen-bond acceptors (Lipinski definition) is 3. The average Bonchev–Trinajstić information content (AvgIpc) is 2.15. The summed E-state index contributed by atoms with van der Waals surface area (Å²) >= 11 is 1.60. The number of thioether (sulfide) groups is 1. The zero-order chi connectivity index (χ0) is 10.5. The van der Waals surface area contributed by atoms with Gasteiger partial charge in [0.1, 0.15) is 5.75 Å². The third kappa shape index (κ3) is 1.24. The maximum absolute atomic E-state index is 11.9. The van der Waals surface area contributed by atoms with Crippen LogP contribution in [0.3, 0.4) is 0 Å². The molecule has 1 aromatic carbocycles. The second-order valence-corrected chi connectivity index (χ2v) is 5.51.